The fourth-order valence-corrected chi connectivity index (χ4v) is 3.79. The van der Waals surface area contributed by atoms with Crippen molar-refractivity contribution >= 4 is 28.3 Å². The first-order valence-electron chi connectivity index (χ1n) is 7.55. The van der Waals surface area contributed by atoms with Crippen LogP contribution in [0.3, 0.4) is 0 Å². The lowest BCUT2D eigenvalue weighted by Gasteiger charge is -2.37. The lowest BCUT2D eigenvalue weighted by Crippen LogP contribution is -2.28. The Morgan fingerprint density at radius 2 is 1.85 bits per heavy atom. The van der Waals surface area contributed by atoms with Crippen molar-refractivity contribution in [3.05, 3.63) is 27.6 Å². The van der Waals surface area contributed by atoms with Gasteiger partial charge in [-0.1, -0.05) is 20.8 Å². The molecule has 1 nitrogen and oxygen atoms in total. The van der Waals surface area contributed by atoms with Crippen LogP contribution in [0.15, 0.2) is 18.2 Å². The van der Waals surface area contributed by atoms with Crippen molar-refractivity contribution in [1.82, 2.24) is 0 Å². The van der Waals surface area contributed by atoms with Gasteiger partial charge in [-0.05, 0) is 83.7 Å². The van der Waals surface area contributed by atoms with Crippen LogP contribution in [0, 0.1) is 26.6 Å². The van der Waals surface area contributed by atoms with Gasteiger partial charge in [0.15, 0.2) is 0 Å². The normalized spacial score (nSPS) is 23.6. The van der Waals surface area contributed by atoms with Crippen molar-refractivity contribution in [2.45, 2.75) is 46.5 Å². The minimum Gasteiger partial charge on any atom is -0.384 e. The molecule has 112 valence electrons. The Labute approximate surface area is 135 Å². The zero-order valence-corrected chi connectivity index (χ0v) is 14.8. The van der Waals surface area contributed by atoms with E-state index in [1.165, 1.54) is 31.7 Å². The van der Waals surface area contributed by atoms with Crippen molar-refractivity contribution < 1.29 is 4.39 Å². The maximum absolute atomic E-state index is 13.1. The summed E-state index contributed by atoms with van der Waals surface area (Å²) in [5.74, 6) is 1.46. The summed E-state index contributed by atoms with van der Waals surface area (Å²) in [4.78, 5) is 0. The van der Waals surface area contributed by atoms with Crippen molar-refractivity contribution in [2.75, 3.05) is 11.9 Å². The van der Waals surface area contributed by atoms with E-state index < -0.39 is 0 Å². The molecule has 1 aliphatic rings. The molecular formula is C17H25FIN. The number of rotatable bonds is 3. The summed E-state index contributed by atoms with van der Waals surface area (Å²) < 4.78 is 14.0. The second-order valence-corrected chi connectivity index (χ2v) is 8.25. The Kier molecular flexibility index (Phi) is 5.32. The minimum atomic E-state index is -0.161. The molecule has 1 aromatic carbocycles. The first kappa shape index (κ1) is 16.1. The van der Waals surface area contributed by atoms with E-state index in [2.05, 4.69) is 48.7 Å². The topological polar surface area (TPSA) is 12.0 Å². The zero-order chi connectivity index (χ0) is 14.8. The van der Waals surface area contributed by atoms with Gasteiger partial charge < -0.3 is 5.32 Å². The van der Waals surface area contributed by atoms with Crippen LogP contribution >= 0.6 is 22.6 Å². The lowest BCUT2D eigenvalue weighted by atomic mass is 9.70. The third-order valence-corrected chi connectivity index (χ3v) is 5.48. The first-order valence-corrected chi connectivity index (χ1v) is 8.63. The average molecular weight is 389 g/mol. The minimum absolute atomic E-state index is 0.161. The van der Waals surface area contributed by atoms with E-state index in [0.29, 0.717) is 5.41 Å². The molecule has 0 radical (unpaired) electrons. The second-order valence-electron chi connectivity index (χ2n) is 7.09. The standard InChI is InChI=1S/C17H25FIN/c1-17(2,3)13-6-4-12(5-7-13)11-20-16-9-8-14(18)10-15(16)19/h8-10,12-13,20H,4-7,11H2,1-3H3. The van der Waals surface area contributed by atoms with E-state index in [9.17, 15) is 4.39 Å². The molecule has 0 amide bonds. The lowest BCUT2D eigenvalue weighted by molar-refractivity contribution is 0.153. The number of benzene rings is 1. The Hall–Kier alpha value is -0.320. The molecule has 0 aromatic heterocycles. The number of hydrogen-bond donors (Lipinski definition) is 1. The molecule has 0 unspecified atom stereocenters. The summed E-state index contributed by atoms with van der Waals surface area (Å²) in [7, 11) is 0. The highest BCUT2D eigenvalue weighted by molar-refractivity contribution is 14.1. The van der Waals surface area contributed by atoms with Gasteiger partial charge in [0.25, 0.3) is 0 Å². The summed E-state index contributed by atoms with van der Waals surface area (Å²) in [6, 6.07) is 4.96. The number of nitrogens with one attached hydrogen (secondary N) is 1. The predicted molar refractivity (Wildman–Crippen MR) is 92.5 cm³/mol. The Bertz CT molecular complexity index is 445. The molecule has 2 rings (SSSR count). The SMILES string of the molecule is CC(C)(C)C1CCC(CNc2ccc(F)cc2I)CC1. The molecule has 1 aromatic rings. The second kappa shape index (κ2) is 6.63. The molecule has 1 N–H and O–H groups in total. The molecule has 0 heterocycles. The van der Waals surface area contributed by atoms with Gasteiger partial charge in [-0.2, -0.15) is 0 Å². The molecule has 0 saturated heterocycles. The van der Waals surface area contributed by atoms with E-state index >= 15 is 0 Å². The summed E-state index contributed by atoms with van der Waals surface area (Å²) >= 11 is 2.19. The maximum Gasteiger partial charge on any atom is 0.124 e. The molecule has 0 atom stereocenters. The van der Waals surface area contributed by atoms with E-state index in [1.807, 2.05) is 6.07 Å². The Morgan fingerprint density at radius 1 is 1.20 bits per heavy atom. The Morgan fingerprint density at radius 3 is 2.40 bits per heavy atom. The molecule has 1 saturated carbocycles. The van der Waals surface area contributed by atoms with E-state index in [1.54, 1.807) is 6.07 Å². The highest BCUT2D eigenvalue weighted by Crippen LogP contribution is 2.39. The van der Waals surface area contributed by atoms with Crippen molar-refractivity contribution in [1.29, 1.82) is 0 Å². The highest BCUT2D eigenvalue weighted by atomic mass is 127. The summed E-state index contributed by atoms with van der Waals surface area (Å²) in [6.45, 7) is 8.09. The van der Waals surface area contributed by atoms with Crippen LogP contribution in [-0.2, 0) is 0 Å². The van der Waals surface area contributed by atoms with Crippen LogP contribution in [0.2, 0.25) is 0 Å². The smallest absolute Gasteiger partial charge is 0.124 e. The van der Waals surface area contributed by atoms with Crippen LogP contribution in [-0.4, -0.2) is 6.54 Å². The highest BCUT2D eigenvalue weighted by Gasteiger charge is 2.29. The van der Waals surface area contributed by atoms with Gasteiger partial charge in [-0.15, -0.1) is 0 Å². The number of hydrogen-bond acceptors (Lipinski definition) is 1. The summed E-state index contributed by atoms with van der Waals surface area (Å²) in [6.07, 6.45) is 5.31. The van der Waals surface area contributed by atoms with Crippen LogP contribution in [0.5, 0.6) is 0 Å². The maximum atomic E-state index is 13.1. The summed E-state index contributed by atoms with van der Waals surface area (Å²) in [5, 5.41) is 3.49. The Balaban J connectivity index is 1.82. The largest absolute Gasteiger partial charge is 0.384 e. The van der Waals surface area contributed by atoms with Crippen LogP contribution < -0.4 is 5.32 Å². The van der Waals surface area contributed by atoms with Crippen molar-refractivity contribution in [2.24, 2.45) is 17.3 Å². The fourth-order valence-electron chi connectivity index (χ4n) is 3.12. The average Bonchev–Trinajstić information content (AvgIpc) is 2.37. The zero-order valence-electron chi connectivity index (χ0n) is 12.7. The van der Waals surface area contributed by atoms with Crippen molar-refractivity contribution in [3.8, 4) is 0 Å². The molecule has 0 spiro atoms. The van der Waals surface area contributed by atoms with Gasteiger partial charge >= 0.3 is 0 Å². The van der Waals surface area contributed by atoms with E-state index in [-0.39, 0.29) is 5.82 Å². The van der Waals surface area contributed by atoms with Crippen LogP contribution in [0.4, 0.5) is 10.1 Å². The number of anilines is 1. The quantitative estimate of drug-likeness (QED) is 0.655. The van der Waals surface area contributed by atoms with Crippen LogP contribution in [0.1, 0.15) is 46.5 Å². The van der Waals surface area contributed by atoms with Gasteiger partial charge in [0.2, 0.25) is 0 Å². The van der Waals surface area contributed by atoms with Crippen LogP contribution in [0.25, 0.3) is 0 Å². The molecule has 3 heteroatoms. The van der Waals surface area contributed by atoms with Gasteiger partial charge in [-0.3, -0.25) is 0 Å². The molecule has 0 aliphatic heterocycles. The third kappa shape index (κ3) is 4.34. The first-order chi connectivity index (χ1) is 9.36. The summed E-state index contributed by atoms with van der Waals surface area (Å²) in [5.41, 5.74) is 1.51. The fraction of sp³-hybridized carbons (Fsp3) is 0.647. The third-order valence-electron chi connectivity index (χ3n) is 4.58. The molecule has 20 heavy (non-hydrogen) atoms. The van der Waals surface area contributed by atoms with Gasteiger partial charge in [0, 0.05) is 15.8 Å². The van der Waals surface area contributed by atoms with Gasteiger partial charge in [0.1, 0.15) is 5.82 Å². The van der Waals surface area contributed by atoms with Gasteiger partial charge in [-0.25, -0.2) is 4.39 Å². The van der Waals surface area contributed by atoms with E-state index in [0.717, 1.165) is 27.6 Å². The van der Waals surface area contributed by atoms with Crippen molar-refractivity contribution in [3.63, 3.8) is 0 Å². The monoisotopic (exact) mass is 389 g/mol. The molecular weight excluding hydrogens is 364 g/mol. The molecule has 0 bridgehead atoms. The molecule has 1 aliphatic carbocycles. The number of halogens is 2. The molecule has 1 fully saturated rings. The van der Waals surface area contributed by atoms with Gasteiger partial charge in [0.05, 0.1) is 0 Å². The van der Waals surface area contributed by atoms with E-state index in [4.69, 9.17) is 0 Å². The predicted octanol–water partition coefficient (Wildman–Crippen LogP) is 5.69.